The van der Waals surface area contributed by atoms with Gasteiger partial charge in [-0.3, -0.25) is 13.9 Å². The van der Waals surface area contributed by atoms with Crippen molar-refractivity contribution in [2.75, 3.05) is 37.5 Å². The molecule has 0 spiro atoms. The fourth-order valence-corrected chi connectivity index (χ4v) is 4.56. The Bertz CT molecular complexity index is 1090. The van der Waals surface area contributed by atoms with Crippen LogP contribution in [-0.4, -0.2) is 64.4 Å². The number of nitrogens with one attached hydrogen (secondary N) is 1. The SMILES string of the molecule is CC[C@H](C(=O)NC)N(CCc1ccccc1)C(=O)CN(c1ccc2c(c1)OCO2)S(C)(=O)=O. The van der Waals surface area contributed by atoms with E-state index < -0.39 is 28.5 Å². The van der Waals surface area contributed by atoms with Crippen LogP contribution < -0.4 is 19.1 Å². The summed E-state index contributed by atoms with van der Waals surface area (Å²) in [6.07, 6.45) is 1.96. The van der Waals surface area contributed by atoms with Crippen LogP contribution in [0.5, 0.6) is 11.5 Å². The zero-order valence-electron chi connectivity index (χ0n) is 19.0. The number of benzene rings is 2. The van der Waals surface area contributed by atoms with E-state index in [9.17, 15) is 18.0 Å². The number of ether oxygens (including phenoxy) is 2. The van der Waals surface area contributed by atoms with Crippen molar-refractivity contribution in [2.24, 2.45) is 0 Å². The number of fused-ring (bicyclic) bond motifs is 1. The monoisotopic (exact) mass is 475 g/mol. The minimum atomic E-state index is -3.80. The number of hydrogen-bond donors (Lipinski definition) is 1. The highest BCUT2D eigenvalue weighted by molar-refractivity contribution is 7.92. The molecule has 1 N–H and O–H groups in total. The third kappa shape index (κ3) is 5.95. The molecule has 1 aliphatic rings. The van der Waals surface area contributed by atoms with Crippen LogP contribution >= 0.6 is 0 Å². The molecule has 2 amide bonds. The molecule has 1 atom stereocenters. The minimum Gasteiger partial charge on any atom is -0.454 e. The number of sulfonamides is 1. The number of nitrogens with zero attached hydrogens (tertiary/aromatic N) is 2. The summed E-state index contributed by atoms with van der Waals surface area (Å²) in [7, 11) is -2.29. The minimum absolute atomic E-state index is 0.0498. The maximum Gasteiger partial charge on any atom is 0.244 e. The van der Waals surface area contributed by atoms with Gasteiger partial charge in [0.1, 0.15) is 12.6 Å². The van der Waals surface area contributed by atoms with E-state index >= 15 is 0 Å². The van der Waals surface area contributed by atoms with E-state index in [1.807, 2.05) is 37.3 Å². The maximum atomic E-state index is 13.4. The van der Waals surface area contributed by atoms with Crippen LogP contribution in [0.15, 0.2) is 48.5 Å². The van der Waals surface area contributed by atoms with E-state index in [0.29, 0.717) is 24.3 Å². The molecule has 2 aromatic carbocycles. The molecule has 3 rings (SSSR count). The topological polar surface area (TPSA) is 105 Å². The fourth-order valence-electron chi connectivity index (χ4n) is 3.72. The molecule has 10 heteroatoms. The van der Waals surface area contributed by atoms with Crippen LogP contribution in [-0.2, 0) is 26.0 Å². The van der Waals surface area contributed by atoms with Crippen LogP contribution in [0.4, 0.5) is 5.69 Å². The molecule has 0 aromatic heterocycles. The summed E-state index contributed by atoms with van der Waals surface area (Å²) in [4.78, 5) is 27.4. The number of hydrogen-bond acceptors (Lipinski definition) is 6. The first kappa shape index (κ1) is 24.4. The average molecular weight is 476 g/mol. The quantitative estimate of drug-likeness (QED) is 0.562. The summed E-state index contributed by atoms with van der Waals surface area (Å²) in [5.41, 5.74) is 1.30. The fraction of sp³-hybridized carbons (Fsp3) is 0.391. The molecule has 0 fully saturated rings. The van der Waals surface area contributed by atoms with Crippen molar-refractivity contribution in [1.82, 2.24) is 10.2 Å². The van der Waals surface area contributed by atoms with Crippen molar-refractivity contribution in [3.63, 3.8) is 0 Å². The van der Waals surface area contributed by atoms with Crippen LogP contribution in [0.25, 0.3) is 0 Å². The Morgan fingerprint density at radius 1 is 1.09 bits per heavy atom. The van der Waals surface area contributed by atoms with E-state index in [2.05, 4.69) is 5.32 Å². The average Bonchev–Trinajstić information content (AvgIpc) is 3.27. The van der Waals surface area contributed by atoms with Crippen LogP contribution in [0.2, 0.25) is 0 Å². The first-order chi connectivity index (χ1) is 15.7. The Morgan fingerprint density at radius 2 is 1.79 bits per heavy atom. The zero-order chi connectivity index (χ0) is 24.0. The molecule has 9 nitrogen and oxygen atoms in total. The molecular formula is C23H29N3O6S. The number of amides is 2. The van der Waals surface area contributed by atoms with Gasteiger partial charge in [0.25, 0.3) is 0 Å². The van der Waals surface area contributed by atoms with Gasteiger partial charge in [0.15, 0.2) is 11.5 Å². The first-order valence-electron chi connectivity index (χ1n) is 10.7. The Labute approximate surface area is 194 Å². The predicted octanol–water partition coefficient (Wildman–Crippen LogP) is 1.78. The molecule has 1 heterocycles. The van der Waals surface area contributed by atoms with Crippen molar-refractivity contribution in [1.29, 1.82) is 0 Å². The summed E-state index contributed by atoms with van der Waals surface area (Å²) >= 11 is 0. The third-order valence-electron chi connectivity index (χ3n) is 5.44. The van der Waals surface area contributed by atoms with Crippen LogP contribution in [0.3, 0.4) is 0 Å². The lowest BCUT2D eigenvalue weighted by atomic mass is 10.1. The lowest BCUT2D eigenvalue weighted by Gasteiger charge is -2.32. The van der Waals surface area contributed by atoms with E-state index in [1.54, 1.807) is 12.1 Å². The third-order valence-corrected chi connectivity index (χ3v) is 6.58. The van der Waals surface area contributed by atoms with Gasteiger partial charge in [-0.05, 0) is 30.5 Å². The molecule has 2 aromatic rings. The molecule has 0 radical (unpaired) electrons. The summed E-state index contributed by atoms with van der Waals surface area (Å²) in [6.45, 7) is 1.69. The molecule has 1 aliphatic heterocycles. The number of carbonyl (C=O) groups excluding carboxylic acids is 2. The molecule has 0 unspecified atom stereocenters. The number of rotatable bonds is 10. The van der Waals surface area contributed by atoms with Gasteiger partial charge < -0.3 is 19.7 Å². The molecule has 178 valence electrons. The van der Waals surface area contributed by atoms with E-state index in [1.165, 1.54) is 18.0 Å². The number of carbonyl (C=O) groups is 2. The number of likely N-dealkylation sites (N-methyl/N-ethyl adjacent to an activating group) is 1. The van der Waals surface area contributed by atoms with Crippen molar-refractivity contribution in [3.05, 3.63) is 54.1 Å². The van der Waals surface area contributed by atoms with Crippen molar-refractivity contribution in [3.8, 4) is 11.5 Å². The highest BCUT2D eigenvalue weighted by atomic mass is 32.2. The zero-order valence-corrected chi connectivity index (χ0v) is 19.8. The Kier molecular flexibility index (Phi) is 7.80. The van der Waals surface area contributed by atoms with Gasteiger partial charge in [0.05, 0.1) is 11.9 Å². The molecular weight excluding hydrogens is 446 g/mol. The maximum absolute atomic E-state index is 13.4. The lowest BCUT2D eigenvalue weighted by molar-refractivity contribution is -0.139. The summed E-state index contributed by atoms with van der Waals surface area (Å²) in [6, 6.07) is 13.6. The normalized spacial score (nSPS) is 13.3. The van der Waals surface area contributed by atoms with Gasteiger partial charge >= 0.3 is 0 Å². The van der Waals surface area contributed by atoms with Gasteiger partial charge in [0, 0.05) is 19.7 Å². The largest absolute Gasteiger partial charge is 0.454 e. The Hall–Kier alpha value is -3.27. The smallest absolute Gasteiger partial charge is 0.244 e. The van der Waals surface area contributed by atoms with Crippen molar-refractivity contribution >= 4 is 27.5 Å². The Morgan fingerprint density at radius 3 is 2.42 bits per heavy atom. The van der Waals surface area contributed by atoms with Gasteiger partial charge in [-0.2, -0.15) is 0 Å². The van der Waals surface area contributed by atoms with Gasteiger partial charge in [-0.1, -0.05) is 37.3 Å². The highest BCUT2D eigenvalue weighted by Crippen LogP contribution is 2.36. The highest BCUT2D eigenvalue weighted by Gasteiger charge is 2.31. The summed E-state index contributed by atoms with van der Waals surface area (Å²) < 4.78 is 36.9. The molecule has 0 saturated heterocycles. The second-order valence-corrected chi connectivity index (χ2v) is 9.58. The number of anilines is 1. The van der Waals surface area contributed by atoms with Crippen LogP contribution in [0.1, 0.15) is 18.9 Å². The van der Waals surface area contributed by atoms with Gasteiger partial charge in [-0.15, -0.1) is 0 Å². The van der Waals surface area contributed by atoms with Crippen LogP contribution in [0, 0.1) is 0 Å². The van der Waals surface area contributed by atoms with E-state index in [4.69, 9.17) is 9.47 Å². The van der Waals surface area contributed by atoms with Gasteiger partial charge in [0.2, 0.25) is 28.6 Å². The van der Waals surface area contributed by atoms with Crippen molar-refractivity contribution < 1.29 is 27.5 Å². The second-order valence-electron chi connectivity index (χ2n) is 7.67. The van der Waals surface area contributed by atoms with Crippen molar-refractivity contribution in [2.45, 2.75) is 25.8 Å². The predicted molar refractivity (Wildman–Crippen MR) is 125 cm³/mol. The standard InChI is InChI=1S/C23H29N3O6S/c1-4-19(23(28)24-2)25(13-12-17-8-6-5-7-9-17)22(27)15-26(33(3,29)30)18-10-11-20-21(14-18)32-16-31-20/h5-11,14,19H,4,12-13,15-16H2,1-3H3,(H,24,28)/t19-/m1/s1. The van der Waals surface area contributed by atoms with Gasteiger partial charge in [-0.25, -0.2) is 8.42 Å². The molecule has 0 bridgehead atoms. The first-order valence-corrected chi connectivity index (χ1v) is 12.5. The molecule has 0 saturated carbocycles. The Balaban J connectivity index is 1.88. The molecule has 0 aliphatic carbocycles. The lowest BCUT2D eigenvalue weighted by Crippen LogP contribution is -2.52. The molecule has 33 heavy (non-hydrogen) atoms. The summed E-state index contributed by atoms with van der Waals surface area (Å²) in [5.74, 6) is 0.150. The summed E-state index contributed by atoms with van der Waals surface area (Å²) in [5, 5.41) is 2.60. The van der Waals surface area contributed by atoms with E-state index in [-0.39, 0.29) is 24.9 Å². The van der Waals surface area contributed by atoms with E-state index in [0.717, 1.165) is 16.1 Å². The second kappa shape index (κ2) is 10.6.